The third kappa shape index (κ3) is 8.81. The van der Waals surface area contributed by atoms with Crippen molar-refractivity contribution in [2.75, 3.05) is 18.7 Å². The van der Waals surface area contributed by atoms with Gasteiger partial charge in [-0.05, 0) is 34.1 Å². The highest BCUT2D eigenvalue weighted by Gasteiger charge is 2.38. The maximum Gasteiger partial charge on any atom is 0.326 e. The molecule has 0 spiro atoms. The van der Waals surface area contributed by atoms with Gasteiger partial charge in [0.15, 0.2) is 11.5 Å². The molecule has 0 aliphatic heterocycles. The lowest BCUT2D eigenvalue weighted by molar-refractivity contribution is -0.149. The van der Waals surface area contributed by atoms with E-state index in [1.165, 1.54) is 6.33 Å². The van der Waals surface area contributed by atoms with E-state index >= 15 is 0 Å². The number of imidazole rings is 1. The van der Waals surface area contributed by atoms with Crippen molar-refractivity contribution >= 4 is 36.4 Å². The van der Waals surface area contributed by atoms with Gasteiger partial charge in [-0.15, -0.1) is 0 Å². The fourth-order valence-corrected chi connectivity index (χ4v) is 6.02. The van der Waals surface area contributed by atoms with Gasteiger partial charge in [0, 0.05) is 6.04 Å². The summed E-state index contributed by atoms with van der Waals surface area (Å²) in [4.78, 5) is 36.2. The Morgan fingerprint density at radius 1 is 1.25 bits per heavy atom. The van der Waals surface area contributed by atoms with Crippen LogP contribution in [0, 0.1) is 0 Å². The number of nitrogens with two attached hydrogens (primary N) is 1. The lowest BCUT2D eigenvalue weighted by Gasteiger charge is -2.32. The van der Waals surface area contributed by atoms with E-state index in [1.807, 2.05) is 6.92 Å². The molecule has 0 bridgehead atoms. The number of nitrogens with zero attached hydrogens (tertiary/aromatic N) is 4. The predicted molar refractivity (Wildman–Crippen MR) is 135 cm³/mol. The molecule has 0 saturated heterocycles. The van der Waals surface area contributed by atoms with Crippen LogP contribution in [-0.2, 0) is 30.2 Å². The van der Waals surface area contributed by atoms with Crippen molar-refractivity contribution < 1.29 is 28.7 Å². The maximum atomic E-state index is 13.9. The molecule has 3 atom stereocenters. The molecule has 2 aromatic rings. The average Bonchev–Trinajstić information content (AvgIpc) is 3.18. The SMILES string of the molecule is CCCCCOC(=O)C(C)(C)NP(=O)(CO[C@H](C)Cn1cnc2c(N)ncnc21)N[C@H](C)CC(=O)O. The highest BCUT2D eigenvalue weighted by molar-refractivity contribution is 7.59. The number of carboxylic acid groups (broad SMARTS) is 1. The van der Waals surface area contributed by atoms with Crippen molar-refractivity contribution in [3.8, 4) is 0 Å². The molecular weight excluding hydrogens is 489 g/mol. The van der Waals surface area contributed by atoms with Crippen LogP contribution in [0.3, 0.4) is 0 Å². The molecule has 2 aromatic heterocycles. The first kappa shape index (κ1) is 29.6. The van der Waals surface area contributed by atoms with E-state index in [0.29, 0.717) is 17.7 Å². The molecule has 0 saturated carbocycles. The number of carbonyl (C=O) groups excluding carboxylic acids is 1. The van der Waals surface area contributed by atoms with Crippen LogP contribution in [0.1, 0.15) is 60.3 Å². The predicted octanol–water partition coefficient (Wildman–Crippen LogP) is 2.52. The maximum absolute atomic E-state index is 13.9. The number of carbonyl (C=O) groups is 2. The molecule has 0 amide bonds. The Kier molecular flexibility index (Phi) is 10.8. The lowest BCUT2D eigenvalue weighted by Crippen LogP contribution is -2.49. The molecule has 0 radical (unpaired) electrons. The van der Waals surface area contributed by atoms with Crippen molar-refractivity contribution in [1.82, 2.24) is 29.7 Å². The van der Waals surface area contributed by atoms with E-state index in [-0.39, 0.29) is 25.2 Å². The number of esters is 1. The van der Waals surface area contributed by atoms with Gasteiger partial charge < -0.3 is 24.9 Å². The minimum atomic E-state index is -3.61. The van der Waals surface area contributed by atoms with Gasteiger partial charge in [-0.1, -0.05) is 19.8 Å². The standard InChI is InChI=1S/C22H38N7O6P/c1-6-7-8-9-34-21(32)22(4,5)28-36(33,27-15(2)10-17(30)31)14-35-16(3)11-29-13-26-18-19(23)24-12-25-20(18)29/h12-13,15-16H,6-11,14H2,1-5H3,(H,30,31)(H2,23,24,25)(H2,27,28,33)/t15-,16-,36?/m1/s1. The molecule has 0 fully saturated rings. The lowest BCUT2D eigenvalue weighted by atomic mass is 10.1. The number of rotatable bonds is 16. The van der Waals surface area contributed by atoms with E-state index in [9.17, 15) is 14.2 Å². The highest BCUT2D eigenvalue weighted by Crippen LogP contribution is 2.40. The second-order valence-corrected chi connectivity index (χ2v) is 11.6. The first-order valence-electron chi connectivity index (χ1n) is 11.9. The smallest absolute Gasteiger partial charge is 0.326 e. The van der Waals surface area contributed by atoms with Crippen molar-refractivity contribution in [3.63, 3.8) is 0 Å². The van der Waals surface area contributed by atoms with E-state index in [1.54, 1.807) is 38.6 Å². The van der Waals surface area contributed by atoms with E-state index in [4.69, 9.17) is 20.3 Å². The fraction of sp³-hybridized carbons (Fsp3) is 0.682. The van der Waals surface area contributed by atoms with Crippen LogP contribution in [-0.4, -0.2) is 67.2 Å². The first-order valence-corrected chi connectivity index (χ1v) is 13.8. The van der Waals surface area contributed by atoms with Crippen LogP contribution in [0.25, 0.3) is 11.2 Å². The second kappa shape index (κ2) is 13.1. The van der Waals surface area contributed by atoms with Crippen LogP contribution < -0.4 is 15.9 Å². The summed E-state index contributed by atoms with van der Waals surface area (Å²) >= 11 is 0. The molecular formula is C22H38N7O6P. The molecule has 2 heterocycles. The van der Waals surface area contributed by atoms with Gasteiger partial charge in [0.2, 0.25) is 7.44 Å². The summed E-state index contributed by atoms with van der Waals surface area (Å²) in [7, 11) is -3.61. The van der Waals surface area contributed by atoms with Crippen LogP contribution in [0.15, 0.2) is 12.7 Å². The summed E-state index contributed by atoms with van der Waals surface area (Å²) in [5.41, 5.74) is 5.54. The van der Waals surface area contributed by atoms with E-state index in [0.717, 1.165) is 19.3 Å². The number of anilines is 1. The largest absolute Gasteiger partial charge is 0.481 e. The number of carboxylic acids is 1. The number of fused-ring (bicyclic) bond motifs is 1. The van der Waals surface area contributed by atoms with Crippen molar-refractivity contribution in [2.45, 2.75) is 84.5 Å². The molecule has 0 aliphatic carbocycles. The molecule has 2 rings (SSSR count). The van der Waals surface area contributed by atoms with E-state index < -0.39 is 37.1 Å². The summed E-state index contributed by atoms with van der Waals surface area (Å²) in [6.45, 7) is 9.17. The molecule has 0 aliphatic rings. The number of hydrogen-bond donors (Lipinski definition) is 4. The summed E-state index contributed by atoms with van der Waals surface area (Å²) in [6, 6.07) is -0.645. The molecule has 202 valence electrons. The molecule has 13 nitrogen and oxygen atoms in total. The van der Waals surface area contributed by atoms with Crippen LogP contribution >= 0.6 is 7.44 Å². The topological polar surface area (TPSA) is 184 Å². The third-order valence-corrected chi connectivity index (χ3v) is 7.58. The Morgan fingerprint density at radius 2 is 1.97 bits per heavy atom. The Morgan fingerprint density at radius 3 is 2.64 bits per heavy atom. The number of aliphatic carboxylic acids is 1. The van der Waals surface area contributed by atoms with Crippen molar-refractivity contribution in [3.05, 3.63) is 12.7 Å². The zero-order valence-corrected chi connectivity index (χ0v) is 22.5. The van der Waals surface area contributed by atoms with Gasteiger partial charge in [0.1, 0.15) is 23.7 Å². The normalized spacial score (nSPS) is 15.4. The number of hydrogen-bond acceptors (Lipinski definition) is 9. The molecule has 5 N–H and O–H groups in total. The first-order chi connectivity index (χ1) is 16.9. The summed E-state index contributed by atoms with van der Waals surface area (Å²) in [5, 5.41) is 14.8. The fourth-order valence-electron chi connectivity index (χ4n) is 3.55. The Balaban J connectivity index is 2.10. The summed E-state index contributed by atoms with van der Waals surface area (Å²) in [6.07, 6.45) is 4.59. The van der Waals surface area contributed by atoms with E-state index in [2.05, 4.69) is 25.1 Å². The molecule has 36 heavy (non-hydrogen) atoms. The quantitative estimate of drug-likeness (QED) is 0.142. The van der Waals surface area contributed by atoms with Crippen molar-refractivity contribution in [2.24, 2.45) is 0 Å². The van der Waals surface area contributed by atoms with Gasteiger partial charge >= 0.3 is 11.9 Å². The molecule has 14 heteroatoms. The van der Waals surface area contributed by atoms with Gasteiger partial charge in [0.25, 0.3) is 0 Å². The van der Waals surface area contributed by atoms with Gasteiger partial charge in [-0.3, -0.25) is 14.2 Å². The average molecular weight is 528 g/mol. The number of nitrogen functional groups attached to an aromatic ring is 1. The highest BCUT2D eigenvalue weighted by atomic mass is 31.2. The summed E-state index contributed by atoms with van der Waals surface area (Å²) in [5.74, 6) is -1.33. The Labute approximate surface area is 211 Å². The monoisotopic (exact) mass is 527 g/mol. The Bertz CT molecular complexity index is 1080. The Hall–Kier alpha value is -2.60. The second-order valence-electron chi connectivity index (χ2n) is 9.38. The zero-order chi connectivity index (χ0) is 26.9. The number of ether oxygens (including phenoxy) is 2. The zero-order valence-electron chi connectivity index (χ0n) is 21.6. The van der Waals surface area contributed by atoms with Crippen LogP contribution in [0.4, 0.5) is 5.82 Å². The molecule has 1 unspecified atom stereocenters. The van der Waals surface area contributed by atoms with Gasteiger partial charge in [0.05, 0.1) is 32.0 Å². The third-order valence-electron chi connectivity index (χ3n) is 5.29. The number of aromatic nitrogens is 4. The minimum absolute atomic E-state index is 0.259. The van der Waals surface area contributed by atoms with Gasteiger partial charge in [-0.25, -0.2) is 25.1 Å². The van der Waals surface area contributed by atoms with Crippen LogP contribution in [0.5, 0.6) is 0 Å². The number of unbranched alkanes of at least 4 members (excludes halogenated alkanes) is 2. The number of nitrogens with one attached hydrogen (secondary N) is 2. The summed E-state index contributed by atoms with van der Waals surface area (Å²) < 4.78 is 26.9. The minimum Gasteiger partial charge on any atom is -0.481 e. The van der Waals surface area contributed by atoms with Gasteiger partial charge in [-0.2, -0.15) is 0 Å². The van der Waals surface area contributed by atoms with Crippen molar-refractivity contribution in [1.29, 1.82) is 0 Å². The van der Waals surface area contributed by atoms with Crippen LogP contribution in [0.2, 0.25) is 0 Å². The molecule has 0 aromatic carbocycles.